The van der Waals surface area contributed by atoms with Crippen molar-refractivity contribution in [1.82, 2.24) is 10.3 Å². The van der Waals surface area contributed by atoms with Crippen LogP contribution in [0.4, 0.5) is 0 Å². The highest BCUT2D eigenvalue weighted by atomic mass is 16.5. The molecule has 2 rings (SSSR count). The maximum Gasteiger partial charge on any atom is 0.328 e. The maximum absolute atomic E-state index is 12.5. The molecule has 136 valence electrons. The molecule has 2 aromatic rings. The fraction of sp³-hybridized carbons (Fsp3) is 0.500. The van der Waals surface area contributed by atoms with Crippen molar-refractivity contribution in [3.8, 4) is 0 Å². The van der Waals surface area contributed by atoms with Crippen LogP contribution in [0.1, 0.15) is 45.1 Å². The number of rotatable bonds is 9. The summed E-state index contributed by atoms with van der Waals surface area (Å²) >= 11 is 0. The third kappa shape index (κ3) is 5.08. The fourth-order valence-corrected chi connectivity index (χ4v) is 3.03. The summed E-state index contributed by atoms with van der Waals surface area (Å²) in [6, 6.07) is 7.48. The number of aromatic amines is 1. The molecule has 1 aromatic carbocycles. The van der Waals surface area contributed by atoms with Gasteiger partial charge in [-0.15, -0.1) is 0 Å². The molecule has 1 heterocycles. The molecule has 25 heavy (non-hydrogen) atoms. The number of unbranched alkanes of at least 4 members (excludes halogenated alkanes) is 2. The van der Waals surface area contributed by atoms with Crippen LogP contribution in [0.25, 0.3) is 10.9 Å². The summed E-state index contributed by atoms with van der Waals surface area (Å²) in [4.78, 5) is 27.7. The number of hydrogen-bond acceptors (Lipinski definition) is 3. The smallest absolute Gasteiger partial charge is 0.328 e. The van der Waals surface area contributed by atoms with E-state index >= 15 is 0 Å². The second-order valence-corrected chi connectivity index (χ2v) is 6.54. The number of para-hydroxylation sites is 1. The standard InChI is InChI=1S/C20H28N2O3/c1-4-5-6-11-18(20(24)25-3)22-19(23)14(2)12-15-13-21-17-10-8-7-9-16(15)17/h7-10,13-14,18,21H,4-6,11-12H2,1-3H3,(H,22,23)/t14-,18+/m1/s1. The van der Waals surface area contributed by atoms with Crippen LogP contribution >= 0.6 is 0 Å². The minimum absolute atomic E-state index is 0.114. The molecule has 0 saturated heterocycles. The zero-order chi connectivity index (χ0) is 18.2. The van der Waals surface area contributed by atoms with Gasteiger partial charge in [0.1, 0.15) is 6.04 Å². The zero-order valence-corrected chi connectivity index (χ0v) is 15.3. The highest BCUT2D eigenvalue weighted by Gasteiger charge is 2.24. The van der Waals surface area contributed by atoms with E-state index in [-0.39, 0.29) is 17.8 Å². The molecule has 5 heteroatoms. The molecule has 1 amide bonds. The Morgan fingerprint density at radius 3 is 2.72 bits per heavy atom. The van der Waals surface area contributed by atoms with Gasteiger partial charge in [0.25, 0.3) is 0 Å². The zero-order valence-electron chi connectivity index (χ0n) is 15.3. The Labute approximate surface area is 149 Å². The molecular weight excluding hydrogens is 316 g/mol. The van der Waals surface area contributed by atoms with Crippen molar-refractivity contribution in [3.63, 3.8) is 0 Å². The number of carbonyl (C=O) groups is 2. The van der Waals surface area contributed by atoms with Crippen LogP contribution < -0.4 is 5.32 Å². The van der Waals surface area contributed by atoms with E-state index in [2.05, 4.69) is 17.2 Å². The third-order valence-corrected chi connectivity index (χ3v) is 4.55. The second-order valence-electron chi connectivity index (χ2n) is 6.54. The Morgan fingerprint density at radius 2 is 2.00 bits per heavy atom. The first-order valence-corrected chi connectivity index (χ1v) is 9.00. The number of H-pyrrole nitrogens is 1. The van der Waals surface area contributed by atoms with E-state index in [4.69, 9.17) is 4.74 Å². The van der Waals surface area contributed by atoms with Crippen molar-refractivity contribution in [2.75, 3.05) is 7.11 Å². The van der Waals surface area contributed by atoms with Crippen LogP contribution in [0.5, 0.6) is 0 Å². The fourth-order valence-electron chi connectivity index (χ4n) is 3.03. The number of benzene rings is 1. The molecule has 5 nitrogen and oxygen atoms in total. The quantitative estimate of drug-likeness (QED) is 0.539. The van der Waals surface area contributed by atoms with Gasteiger partial charge in [-0.25, -0.2) is 4.79 Å². The summed E-state index contributed by atoms with van der Waals surface area (Å²) in [5, 5.41) is 4.00. The molecule has 2 N–H and O–H groups in total. The number of aromatic nitrogens is 1. The van der Waals surface area contributed by atoms with Crippen LogP contribution in [0.3, 0.4) is 0 Å². The summed E-state index contributed by atoms with van der Waals surface area (Å²) in [5.74, 6) is -0.710. The molecule has 0 unspecified atom stereocenters. The predicted molar refractivity (Wildman–Crippen MR) is 99.3 cm³/mol. The highest BCUT2D eigenvalue weighted by molar-refractivity contribution is 5.87. The Bertz CT molecular complexity index is 708. The van der Waals surface area contributed by atoms with Crippen molar-refractivity contribution in [3.05, 3.63) is 36.0 Å². The second kappa shape index (κ2) is 9.25. The van der Waals surface area contributed by atoms with Crippen LogP contribution in [0.15, 0.2) is 30.5 Å². The number of fused-ring (bicyclic) bond motifs is 1. The van der Waals surface area contributed by atoms with E-state index < -0.39 is 6.04 Å². The van der Waals surface area contributed by atoms with Crippen molar-refractivity contribution < 1.29 is 14.3 Å². The molecule has 0 aliphatic heterocycles. The molecular formula is C20H28N2O3. The van der Waals surface area contributed by atoms with Gasteiger partial charge in [-0.1, -0.05) is 51.3 Å². The minimum atomic E-state index is -0.561. The first-order valence-electron chi connectivity index (χ1n) is 9.00. The largest absolute Gasteiger partial charge is 0.467 e. The third-order valence-electron chi connectivity index (χ3n) is 4.55. The monoisotopic (exact) mass is 344 g/mol. The Morgan fingerprint density at radius 1 is 1.24 bits per heavy atom. The first kappa shape index (κ1) is 19.0. The van der Waals surface area contributed by atoms with E-state index in [0.29, 0.717) is 12.8 Å². The number of carbonyl (C=O) groups excluding carboxylic acids is 2. The van der Waals surface area contributed by atoms with Crippen LogP contribution in [-0.4, -0.2) is 30.0 Å². The topological polar surface area (TPSA) is 71.2 Å². The van der Waals surface area contributed by atoms with Gasteiger partial charge in [-0.3, -0.25) is 4.79 Å². The summed E-state index contributed by atoms with van der Waals surface area (Å²) in [6.45, 7) is 3.99. The van der Waals surface area contributed by atoms with E-state index in [0.717, 1.165) is 35.7 Å². The van der Waals surface area contributed by atoms with Gasteiger partial charge < -0.3 is 15.0 Å². The van der Waals surface area contributed by atoms with Crippen LogP contribution in [-0.2, 0) is 20.7 Å². The van der Waals surface area contributed by atoms with Crippen molar-refractivity contribution >= 4 is 22.8 Å². The number of ether oxygens (including phenoxy) is 1. The summed E-state index contributed by atoms with van der Waals surface area (Å²) < 4.78 is 4.83. The maximum atomic E-state index is 12.5. The van der Waals surface area contributed by atoms with Crippen molar-refractivity contribution in [2.45, 2.75) is 52.0 Å². The van der Waals surface area contributed by atoms with Gasteiger partial charge in [-0.2, -0.15) is 0 Å². The molecule has 0 radical (unpaired) electrons. The predicted octanol–water partition coefficient (Wildman–Crippen LogP) is 3.58. The van der Waals surface area contributed by atoms with Crippen molar-refractivity contribution in [2.24, 2.45) is 5.92 Å². The lowest BCUT2D eigenvalue weighted by molar-refractivity contribution is -0.145. The number of nitrogens with one attached hydrogen (secondary N) is 2. The van der Waals surface area contributed by atoms with E-state index in [1.807, 2.05) is 37.4 Å². The van der Waals surface area contributed by atoms with Crippen molar-refractivity contribution in [1.29, 1.82) is 0 Å². The van der Waals surface area contributed by atoms with E-state index in [9.17, 15) is 9.59 Å². The molecule has 1 aromatic heterocycles. The molecule has 0 aliphatic carbocycles. The molecule has 0 saturated carbocycles. The number of methoxy groups -OCH3 is 1. The average Bonchev–Trinajstić information content (AvgIpc) is 3.03. The van der Waals surface area contributed by atoms with Gasteiger partial charge in [0.2, 0.25) is 5.91 Å². The van der Waals surface area contributed by atoms with E-state index in [1.165, 1.54) is 7.11 Å². The Kier molecular flexibility index (Phi) is 7.04. The molecule has 0 aliphatic rings. The summed E-state index contributed by atoms with van der Waals surface area (Å²) in [7, 11) is 1.36. The lowest BCUT2D eigenvalue weighted by Gasteiger charge is -2.19. The van der Waals surface area contributed by atoms with E-state index in [1.54, 1.807) is 0 Å². The molecule has 0 spiro atoms. The minimum Gasteiger partial charge on any atom is -0.467 e. The highest BCUT2D eigenvalue weighted by Crippen LogP contribution is 2.21. The lowest BCUT2D eigenvalue weighted by atomic mass is 9.99. The molecule has 2 atom stereocenters. The number of amides is 1. The van der Waals surface area contributed by atoms with Gasteiger partial charge >= 0.3 is 5.97 Å². The molecule has 0 bridgehead atoms. The Balaban J connectivity index is 1.98. The normalized spacial score (nSPS) is 13.4. The lowest BCUT2D eigenvalue weighted by Crippen LogP contribution is -2.44. The summed E-state index contributed by atoms with van der Waals surface area (Å²) in [5.41, 5.74) is 2.18. The van der Waals surface area contributed by atoms with Gasteiger partial charge in [0, 0.05) is 23.0 Å². The van der Waals surface area contributed by atoms with Gasteiger partial charge in [0.15, 0.2) is 0 Å². The van der Waals surface area contributed by atoms with Crippen LogP contribution in [0.2, 0.25) is 0 Å². The van der Waals surface area contributed by atoms with Gasteiger partial charge in [-0.05, 0) is 24.5 Å². The summed E-state index contributed by atoms with van der Waals surface area (Å²) in [6.07, 6.45) is 6.19. The molecule has 0 fully saturated rings. The number of esters is 1. The Hall–Kier alpha value is -2.30. The average molecular weight is 344 g/mol. The SMILES string of the molecule is CCCCC[C@H](NC(=O)[C@H](C)Cc1c[nH]c2ccccc12)C(=O)OC. The van der Waals surface area contributed by atoms with Crippen LogP contribution in [0, 0.1) is 5.92 Å². The first-order chi connectivity index (χ1) is 12.1. The van der Waals surface area contributed by atoms with Gasteiger partial charge in [0.05, 0.1) is 7.11 Å². The number of hydrogen-bond donors (Lipinski definition) is 2.